The molecule has 0 saturated carbocycles. The number of aromatic nitrogens is 1. The molecule has 2 heterocycles. The van der Waals surface area contributed by atoms with Crippen LogP contribution in [0.25, 0.3) is 5.69 Å². The summed E-state index contributed by atoms with van der Waals surface area (Å²) in [4.78, 5) is 13.9. The van der Waals surface area contributed by atoms with Gasteiger partial charge in [0, 0.05) is 49.8 Å². The fourth-order valence-corrected chi connectivity index (χ4v) is 5.30. The summed E-state index contributed by atoms with van der Waals surface area (Å²) in [7, 11) is -4.17. The second kappa shape index (κ2) is 8.85. The van der Waals surface area contributed by atoms with Crippen LogP contribution >= 0.6 is 11.6 Å². The summed E-state index contributed by atoms with van der Waals surface area (Å²) >= 11 is 5.59. The van der Waals surface area contributed by atoms with Crippen LogP contribution in [-0.4, -0.2) is 54.3 Å². The lowest BCUT2D eigenvalue weighted by atomic mass is 10.1. The van der Waals surface area contributed by atoms with Gasteiger partial charge in [0.05, 0.1) is 15.5 Å². The van der Waals surface area contributed by atoms with E-state index in [1.54, 1.807) is 12.1 Å². The van der Waals surface area contributed by atoms with Crippen LogP contribution in [0.2, 0.25) is 5.02 Å². The third kappa shape index (κ3) is 4.78. The van der Waals surface area contributed by atoms with E-state index >= 15 is 0 Å². The molecule has 2 aromatic carbocycles. The molecule has 0 aliphatic carbocycles. The van der Waals surface area contributed by atoms with E-state index in [0.29, 0.717) is 11.6 Å². The Labute approximate surface area is 193 Å². The molecule has 0 atom stereocenters. The van der Waals surface area contributed by atoms with E-state index in [-0.39, 0.29) is 32.1 Å². The van der Waals surface area contributed by atoms with Crippen molar-refractivity contribution >= 4 is 27.5 Å². The summed E-state index contributed by atoms with van der Waals surface area (Å²) < 4.78 is 68.1. The highest BCUT2D eigenvalue weighted by Gasteiger charge is 2.36. The Hall–Kier alpha value is -2.82. The van der Waals surface area contributed by atoms with Gasteiger partial charge in [-0.25, -0.2) is 8.42 Å². The number of alkyl halides is 3. The number of carbonyl (C=O) groups excluding carboxylic acids is 1. The molecule has 6 nitrogen and oxygen atoms in total. The largest absolute Gasteiger partial charge is 0.417 e. The van der Waals surface area contributed by atoms with Gasteiger partial charge in [0.15, 0.2) is 0 Å². The zero-order chi connectivity index (χ0) is 23.8. The molecule has 1 aliphatic rings. The highest BCUT2D eigenvalue weighted by atomic mass is 35.5. The molecule has 3 aromatic rings. The Bertz CT molecular complexity index is 1250. The maximum Gasteiger partial charge on any atom is 0.417 e. The lowest BCUT2D eigenvalue weighted by molar-refractivity contribution is -0.137. The average Bonchev–Trinajstić information content (AvgIpc) is 3.33. The number of piperazine rings is 1. The lowest BCUT2D eigenvalue weighted by Gasteiger charge is -2.34. The molecule has 0 bridgehead atoms. The van der Waals surface area contributed by atoms with E-state index in [9.17, 15) is 26.4 Å². The van der Waals surface area contributed by atoms with Gasteiger partial charge in [-0.3, -0.25) is 4.79 Å². The zero-order valence-corrected chi connectivity index (χ0v) is 18.7. The minimum absolute atomic E-state index is 0.0283. The molecule has 1 amide bonds. The van der Waals surface area contributed by atoms with Gasteiger partial charge in [0.2, 0.25) is 10.0 Å². The minimum Gasteiger partial charge on any atom is -0.336 e. The number of benzene rings is 2. The van der Waals surface area contributed by atoms with Crippen LogP contribution < -0.4 is 0 Å². The Kier molecular flexibility index (Phi) is 6.26. The summed E-state index contributed by atoms with van der Waals surface area (Å²) in [5.74, 6) is -0.239. The van der Waals surface area contributed by atoms with Crippen molar-refractivity contribution in [3.63, 3.8) is 0 Å². The lowest BCUT2D eigenvalue weighted by Crippen LogP contribution is -2.50. The molecule has 0 radical (unpaired) electrons. The highest BCUT2D eigenvalue weighted by molar-refractivity contribution is 7.89. The SMILES string of the molecule is O=C(c1ccc(-n2cccc2)cc1)N1CCN(S(=O)(=O)c2ccc(Cl)c(C(F)(F)F)c2)CC1. The van der Waals surface area contributed by atoms with E-state index in [1.807, 2.05) is 41.2 Å². The zero-order valence-electron chi connectivity index (χ0n) is 17.2. The Morgan fingerprint density at radius 3 is 2.09 bits per heavy atom. The molecule has 174 valence electrons. The van der Waals surface area contributed by atoms with Crippen molar-refractivity contribution in [3.05, 3.63) is 83.1 Å². The van der Waals surface area contributed by atoms with Crippen molar-refractivity contribution in [1.82, 2.24) is 13.8 Å². The minimum atomic E-state index is -4.77. The molecule has 0 spiro atoms. The number of hydrogen-bond donors (Lipinski definition) is 0. The van der Waals surface area contributed by atoms with Gasteiger partial charge in [-0.2, -0.15) is 17.5 Å². The smallest absolute Gasteiger partial charge is 0.336 e. The molecule has 33 heavy (non-hydrogen) atoms. The van der Waals surface area contributed by atoms with Crippen molar-refractivity contribution in [2.45, 2.75) is 11.1 Å². The van der Waals surface area contributed by atoms with E-state index in [0.717, 1.165) is 22.1 Å². The van der Waals surface area contributed by atoms with Crippen LogP contribution in [-0.2, 0) is 16.2 Å². The summed E-state index contributed by atoms with van der Waals surface area (Å²) in [6.07, 6.45) is -1.01. The first-order chi connectivity index (χ1) is 15.6. The van der Waals surface area contributed by atoms with Crippen molar-refractivity contribution in [2.24, 2.45) is 0 Å². The Morgan fingerprint density at radius 1 is 0.909 bits per heavy atom. The van der Waals surface area contributed by atoms with E-state index in [1.165, 1.54) is 4.90 Å². The normalized spacial score (nSPS) is 15.6. The van der Waals surface area contributed by atoms with Crippen molar-refractivity contribution in [3.8, 4) is 5.69 Å². The van der Waals surface area contributed by atoms with Gasteiger partial charge in [0.1, 0.15) is 0 Å². The van der Waals surface area contributed by atoms with Gasteiger partial charge in [-0.15, -0.1) is 0 Å². The standard InChI is InChI=1S/C22H19ClF3N3O3S/c23-20-8-7-18(15-19(20)22(24,25)26)33(31,32)29-13-11-28(12-14-29)21(30)16-3-5-17(6-4-16)27-9-1-2-10-27/h1-10,15H,11-14H2. The van der Waals surface area contributed by atoms with Gasteiger partial charge < -0.3 is 9.47 Å². The molecular weight excluding hydrogens is 479 g/mol. The van der Waals surface area contributed by atoms with Gasteiger partial charge >= 0.3 is 6.18 Å². The first-order valence-corrected chi connectivity index (χ1v) is 11.8. The van der Waals surface area contributed by atoms with Crippen molar-refractivity contribution in [2.75, 3.05) is 26.2 Å². The third-order valence-corrected chi connectivity index (χ3v) is 7.65. The third-order valence-electron chi connectivity index (χ3n) is 5.42. The predicted molar refractivity (Wildman–Crippen MR) is 117 cm³/mol. The Morgan fingerprint density at radius 2 is 1.52 bits per heavy atom. The molecular formula is C22H19ClF3N3O3S. The second-order valence-electron chi connectivity index (χ2n) is 7.47. The molecule has 1 saturated heterocycles. The number of hydrogen-bond acceptors (Lipinski definition) is 3. The molecule has 1 fully saturated rings. The molecule has 1 aliphatic heterocycles. The van der Waals surface area contributed by atoms with Crippen LogP contribution in [0.1, 0.15) is 15.9 Å². The molecule has 0 unspecified atom stereocenters. The summed E-state index contributed by atoms with van der Waals surface area (Å²) in [6.45, 7) is 0.188. The number of sulfonamides is 1. The average molecular weight is 498 g/mol. The number of halogens is 4. The van der Waals surface area contributed by atoms with Gasteiger partial charge in [0.25, 0.3) is 5.91 Å². The fraction of sp³-hybridized carbons (Fsp3) is 0.227. The topological polar surface area (TPSA) is 62.6 Å². The van der Waals surface area contributed by atoms with Crippen LogP contribution in [0.5, 0.6) is 0 Å². The monoisotopic (exact) mass is 497 g/mol. The van der Waals surface area contributed by atoms with Crippen molar-refractivity contribution in [1.29, 1.82) is 0 Å². The first-order valence-electron chi connectivity index (χ1n) is 9.97. The molecule has 1 aromatic heterocycles. The summed E-state index contributed by atoms with van der Waals surface area (Å²) in [5, 5.41) is -0.570. The van der Waals surface area contributed by atoms with E-state index < -0.39 is 31.7 Å². The van der Waals surface area contributed by atoms with Crippen LogP contribution in [0.15, 0.2) is 71.9 Å². The number of amides is 1. The first kappa shape index (κ1) is 23.3. The van der Waals surface area contributed by atoms with E-state index in [4.69, 9.17) is 11.6 Å². The number of carbonyl (C=O) groups is 1. The van der Waals surface area contributed by atoms with E-state index in [2.05, 4.69) is 0 Å². The maximum atomic E-state index is 13.1. The fourth-order valence-electron chi connectivity index (χ4n) is 3.63. The number of nitrogens with zero attached hydrogens (tertiary/aromatic N) is 3. The predicted octanol–water partition coefficient (Wildman–Crippen LogP) is 4.30. The number of rotatable bonds is 4. The van der Waals surface area contributed by atoms with Crippen LogP contribution in [0.4, 0.5) is 13.2 Å². The summed E-state index contributed by atoms with van der Waals surface area (Å²) in [6, 6.07) is 13.3. The van der Waals surface area contributed by atoms with Crippen LogP contribution in [0, 0.1) is 0 Å². The quantitative estimate of drug-likeness (QED) is 0.540. The molecule has 0 N–H and O–H groups in total. The van der Waals surface area contributed by atoms with Gasteiger partial charge in [-0.1, -0.05) is 11.6 Å². The van der Waals surface area contributed by atoms with Crippen LogP contribution in [0.3, 0.4) is 0 Å². The molecule has 4 rings (SSSR count). The van der Waals surface area contributed by atoms with Crippen molar-refractivity contribution < 1.29 is 26.4 Å². The highest BCUT2D eigenvalue weighted by Crippen LogP contribution is 2.36. The maximum absolute atomic E-state index is 13.1. The summed E-state index contributed by atoms with van der Waals surface area (Å²) in [5.41, 5.74) is 0.158. The second-order valence-corrected chi connectivity index (χ2v) is 9.82. The molecule has 11 heteroatoms. The Balaban J connectivity index is 1.44. The van der Waals surface area contributed by atoms with Gasteiger partial charge in [-0.05, 0) is 54.6 Å².